The quantitative estimate of drug-likeness (QED) is 0.854. The summed E-state index contributed by atoms with van der Waals surface area (Å²) in [7, 11) is 1.69. The van der Waals surface area contributed by atoms with Crippen LogP contribution in [-0.4, -0.2) is 25.9 Å². The van der Waals surface area contributed by atoms with Crippen LogP contribution in [0.2, 0.25) is 0 Å². The fraction of sp³-hybridized carbons (Fsp3) is 0.625. The Morgan fingerprint density at radius 3 is 2.42 bits per heavy atom. The normalized spacial score (nSPS) is 13.4. The van der Waals surface area contributed by atoms with E-state index in [4.69, 9.17) is 9.47 Å². The molecule has 0 amide bonds. The predicted molar refractivity (Wildman–Crippen MR) is 79.9 cm³/mol. The lowest BCUT2D eigenvalue weighted by molar-refractivity contribution is -0.0147. The van der Waals surface area contributed by atoms with Crippen molar-refractivity contribution in [1.82, 2.24) is 5.32 Å². The first-order valence-electron chi connectivity index (χ1n) is 6.89. The second-order valence-corrected chi connectivity index (χ2v) is 5.76. The van der Waals surface area contributed by atoms with Crippen LogP contribution in [0.3, 0.4) is 0 Å². The van der Waals surface area contributed by atoms with Crippen molar-refractivity contribution in [2.75, 3.05) is 20.3 Å². The van der Waals surface area contributed by atoms with E-state index < -0.39 is 0 Å². The Labute approximate surface area is 117 Å². The van der Waals surface area contributed by atoms with Crippen molar-refractivity contribution in [3.63, 3.8) is 0 Å². The van der Waals surface area contributed by atoms with Gasteiger partial charge < -0.3 is 14.8 Å². The van der Waals surface area contributed by atoms with Crippen molar-refractivity contribution in [3.8, 4) is 5.75 Å². The number of rotatable bonds is 6. The molecule has 1 N–H and O–H groups in total. The average Bonchev–Trinajstić information content (AvgIpc) is 2.33. The Kier molecular flexibility index (Phi) is 5.83. The maximum Gasteiger partial charge on any atom is 0.119 e. The molecular formula is C16H27NO2. The molecule has 19 heavy (non-hydrogen) atoms. The van der Waals surface area contributed by atoms with Gasteiger partial charge in [-0.05, 0) is 57.5 Å². The zero-order valence-electron chi connectivity index (χ0n) is 13.0. The first kappa shape index (κ1) is 16.0. The number of nitrogens with one attached hydrogen (secondary N) is 1. The van der Waals surface area contributed by atoms with Crippen LogP contribution in [0, 0.1) is 6.92 Å². The second-order valence-electron chi connectivity index (χ2n) is 5.76. The highest BCUT2D eigenvalue weighted by Crippen LogP contribution is 2.24. The van der Waals surface area contributed by atoms with Crippen molar-refractivity contribution in [2.24, 2.45) is 0 Å². The van der Waals surface area contributed by atoms with Crippen LogP contribution in [0.15, 0.2) is 18.2 Å². The Morgan fingerprint density at radius 2 is 1.95 bits per heavy atom. The second kappa shape index (κ2) is 6.92. The van der Waals surface area contributed by atoms with Gasteiger partial charge in [0.25, 0.3) is 0 Å². The van der Waals surface area contributed by atoms with Crippen molar-refractivity contribution >= 4 is 0 Å². The van der Waals surface area contributed by atoms with Gasteiger partial charge in [0.2, 0.25) is 0 Å². The molecule has 0 aliphatic rings. The summed E-state index contributed by atoms with van der Waals surface area (Å²) in [5.74, 6) is 0.897. The molecule has 1 rings (SSSR count). The number of methoxy groups -OCH3 is 1. The summed E-state index contributed by atoms with van der Waals surface area (Å²) in [6, 6.07) is 6.41. The highest BCUT2D eigenvalue weighted by Gasteiger charge is 2.18. The minimum Gasteiger partial charge on any atom is -0.497 e. The summed E-state index contributed by atoms with van der Waals surface area (Å²) < 4.78 is 11.2. The van der Waals surface area contributed by atoms with E-state index in [0.717, 1.165) is 12.3 Å². The molecule has 1 atom stereocenters. The fourth-order valence-corrected chi connectivity index (χ4v) is 2.00. The van der Waals surface area contributed by atoms with Gasteiger partial charge in [0.05, 0.1) is 25.4 Å². The molecule has 3 heteroatoms. The highest BCUT2D eigenvalue weighted by atomic mass is 16.5. The van der Waals surface area contributed by atoms with Crippen LogP contribution in [0.5, 0.6) is 5.75 Å². The summed E-state index contributed by atoms with van der Waals surface area (Å²) in [6.07, 6.45) is 0. The van der Waals surface area contributed by atoms with E-state index in [-0.39, 0.29) is 11.6 Å². The van der Waals surface area contributed by atoms with Crippen molar-refractivity contribution < 1.29 is 9.47 Å². The van der Waals surface area contributed by atoms with Gasteiger partial charge in [-0.15, -0.1) is 0 Å². The lowest BCUT2D eigenvalue weighted by atomic mass is 10.0. The molecular weight excluding hydrogens is 238 g/mol. The van der Waals surface area contributed by atoms with Crippen LogP contribution in [0.1, 0.15) is 44.9 Å². The molecule has 0 saturated carbocycles. The molecule has 1 aromatic rings. The SMILES string of the molecule is CCNC(COC(C)(C)C)c1ccc(OC)cc1C. The van der Waals surface area contributed by atoms with Gasteiger partial charge in [-0.1, -0.05) is 13.0 Å². The van der Waals surface area contributed by atoms with E-state index in [2.05, 4.69) is 52.1 Å². The molecule has 108 valence electrons. The van der Waals surface area contributed by atoms with E-state index in [9.17, 15) is 0 Å². The Hall–Kier alpha value is -1.06. The molecule has 0 spiro atoms. The van der Waals surface area contributed by atoms with Crippen molar-refractivity contribution in [2.45, 2.75) is 46.3 Å². The summed E-state index contributed by atoms with van der Waals surface area (Å²) >= 11 is 0. The zero-order chi connectivity index (χ0) is 14.5. The highest BCUT2D eigenvalue weighted by molar-refractivity contribution is 5.36. The van der Waals surface area contributed by atoms with Gasteiger partial charge in [-0.3, -0.25) is 0 Å². The number of hydrogen-bond acceptors (Lipinski definition) is 3. The largest absolute Gasteiger partial charge is 0.497 e. The number of ether oxygens (including phenoxy) is 2. The Bertz CT molecular complexity index is 396. The first-order valence-corrected chi connectivity index (χ1v) is 6.89. The number of hydrogen-bond donors (Lipinski definition) is 1. The molecule has 0 bridgehead atoms. The van der Waals surface area contributed by atoms with E-state index in [1.165, 1.54) is 11.1 Å². The van der Waals surface area contributed by atoms with Crippen LogP contribution < -0.4 is 10.1 Å². The minimum absolute atomic E-state index is 0.117. The maximum absolute atomic E-state index is 5.92. The molecule has 1 unspecified atom stereocenters. The molecule has 1 aromatic carbocycles. The molecule has 0 radical (unpaired) electrons. The van der Waals surface area contributed by atoms with Crippen molar-refractivity contribution in [3.05, 3.63) is 29.3 Å². The molecule has 3 nitrogen and oxygen atoms in total. The third-order valence-corrected chi connectivity index (χ3v) is 2.99. The molecule has 0 aliphatic carbocycles. The minimum atomic E-state index is -0.117. The molecule has 0 saturated heterocycles. The number of benzene rings is 1. The summed E-state index contributed by atoms with van der Waals surface area (Å²) in [5.41, 5.74) is 2.38. The predicted octanol–water partition coefficient (Wildman–Crippen LogP) is 3.47. The van der Waals surface area contributed by atoms with Gasteiger partial charge >= 0.3 is 0 Å². The lowest BCUT2D eigenvalue weighted by Gasteiger charge is -2.26. The Morgan fingerprint density at radius 1 is 1.26 bits per heavy atom. The van der Waals surface area contributed by atoms with Crippen molar-refractivity contribution in [1.29, 1.82) is 0 Å². The summed E-state index contributed by atoms with van der Waals surface area (Å²) in [6.45, 7) is 12.1. The topological polar surface area (TPSA) is 30.5 Å². The lowest BCUT2D eigenvalue weighted by Crippen LogP contribution is -2.30. The first-order chi connectivity index (χ1) is 8.87. The number of aryl methyl sites for hydroxylation is 1. The van der Waals surface area contributed by atoms with Gasteiger partial charge in [0, 0.05) is 0 Å². The van der Waals surface area contributed by atoms with Gasteiger partial charge in [-0.2, -0.15) is 0 Å². The van der Waals surface area contributed by atoms with Crippen LogP contribution in [0.25, 0.3) is 0 Å². The molecule has 0 heterocycles. The Balaban J connectivity index is 2.86. The average molecular weight is 265 g/mol. The molecule has 0 aromatic heterocycles. The number of likely N-dealkylation sites (N-methyl/N-ethyl adjacent to an activating group) is 1. The standard InChI is InChI=1S/C16H27NO2/c1-7-17-15(11-19-16(3,4)5)14-9-8-13(18-6)10-12(14)2/h8-10,15,17H,7,11H2,1-6H3. The van der Waals surface area contributed by atoms with Gasteiger partial charge in [-0.25, -0.2) is 0 Å². The fourth-order valence-electron chi connectivity index (χ4n) is 2.00. The molecule has 0 fully saturated rings. The third kappa shape index (κ3) is 5.21. The molecule has 0 aliphatic heterocycles. The smallest absolute Gasteiger partial charge is 0.119 e. The van der Waals surface area contributed by atoms with Gasteiger partial charge in [0.15, 0.2) is 0 Å². The maximum atomic E-state index is 5.92. The van der Waals surface area contributed by atoms with Crippen LogP contribution in [-0.2, 0) is 4.74 Å². The summed E-state index contributed by atoms with van der Waals surface area (Å²) in [5, 5.41) is 3.48. The van der Waals surface area contributed by atoms with E-state index >= 15 is 0 Å². The van der Waals surface area contributed by atoms with Crippen LogP contribution >= 0.6 is 0 Å². The third-order valence-electron chi connectivity index (χ3n) is 2.99. The van der Waals surface area contributed by atoms with E-state index in [1.807, 2.05) is 6.07 Å². The monoisotopic (exact) mass is 265 g/mol. The van der Waals surface area contributed by atoms with E-state index in [1.54, 1.807) is 7.11 Å². The van der Waals surface area contributed by atoms with E-state index in [0.29, 0.717) is 6.61 Å². The zero-order valence-corrected chi connectivity index (χ0v) is 13.0. The van der Waals surface area contributed by atoms with Crippen LogP contribution in [0.4, 0.5) is 0 Å². The van der Waals surface area contributed by atoms with Gasteiger partial charge in [0.1, 0.15) is 5.75 Å². The summed E-state index contributed by atoms with van der Waals surface area (Å²) in [4.78, 5) is 0.